The predicted molar refractivity (Wildman–Crippen MR) is 51.7 cm³/mol. The lowest BCUT2D eigenvalue weighted by Crippen LogP contribution is -2.29. The number of carbonyl (C=O) groups excluding carboxylic acids is 1. The first kappa shape index (κ1) is 10.1. The zero-order valence-electron chi connectivity index (χ0n) is 7.75. The molecule has 1 N–H and O–H groups in total. The Morgan fingerprint density at radius 3 is 2.80 bits per heavy atom. The summed E-state index contributed by atoms with van der Waals surface area (Å²) < 4.78 is 25.6. The van der Waals surface area contributed by atoms with Gasteiger partial charge < -0.3 is 0 Å². The highest BCUT2D eigenvalue weighted by Crippen LogP contribution is 2.09. The average Bonchev–Trinajstić information content (AvgIpc) is 2.41. The van der Waals surface area contributed by atoms with Crippen LogP contribution in [0.15, 0.2) is 24.4 Å². The lowest BCUT2D eigenvalue weighted by molar-refractivity contribution is -0.118. The standard InChI is InChI=1S/C8H9N3O3S/c12-8-6-11(15(13,14)10-8)5-7-3-1-2-4-9-7/h1-4H,5-6H2,(H,10,12). The molecule has 0 spiro atoms. The van der Waals surface area contributed by atoms with Crippen LogP contribution in [0.2, 0.25) is 0 Å². The first-order valence-corrected chi connectivity index (χ1v) is 5.72. The van der Waals surface area contributed by atoms with Crippen LogP contribution in [0.4, 0.5) is 0 Å². The van der Waals surface area contributed by atoms with Gasteiger partial charge in [0, 0.05) is 6.20 Å². The summed E-state index contributed by atoms with van der Waals surface area (Å²) in [5.41, 5.74) is 0.609. The van der Waals surface area contributed by atoms with Gasteiger partial charge in [-0.15, -0.1) is 0 Å². The molecule has 0 unspecified atom stereocenters. The van der Waals surface area contributed by atoms with E-state index < -0.39 is 16.1 Å². The zero-order valence-corrected chi connectivity index (χ0v) is 8.57. The Morgan fingerprint density at radius 1 is 1.47 bits per heavy atom. The molecule has 1 saturated heterocycles. The molecule has 1 aromatic heterocycles. The van der Waals surface area contributed by atoms with Gasteiger partial charge in [0.2, 0.25) is 5.91 Å². The molecular weight excluding hydrogens is 218 g/mol. The minimum Gasteiger partial charge on any atom is -0.272 e. The van der Waals surface area contributed by atoms with Gasteiger partial charge in [-0.2, -0.15) is 12.7 Å². The Kier molecular flexibility index (Phi) is 2.41. The van der Waals surface area contributed by atoms with Crippen molar-refractivity contribution in [1.82, 2.24) is 14.0 Å². The van der Waals surface area contributed by atoms with Gasteiger partial charge in [-0.1, -0.05) is 6.07 Å². The minimum atomic E-state index is -3.64. The summed E-state index contributed by atoms with van der Waals surface area (Å²) in [6.45, 7) is -0.0270. The van der Waals surface area contributed by atoms with E-state index in [-0.39, 0.29) is 13.1 Å². The predicted octanol–water partition coefficient (Wildman–Crippen LogP) is -0.742. The van der Waals surface area contributed by atoms with E-state index in [0.717, 1.165) is 4.31 Å². The molecule has 15 heavy (non-hydrogen) atoms. The Morgan fingerprint density at radius 2 is 2.27 bits per heavy atom. The van der Waals surface area contributed by atoms with E-state index in [2.05, 4.69) is 4.98 Å². The molecule has 1 aromatic rings. The Hall–Kier alpha value is -1.47. The molecule has 80 valence electrons. The SMILES string of the molecule is O=C1CN(Cc2ccccn2)S(=O)(=O)N1. The fraction of sp³-hybridized carbons (Fsp3) is 0.250. The smallest absolute Gasteiger partial charge is 0.272 e. The second kappa shape index (κ2) is 3.59. The molecule has 0 aliphatic carbocycles. The van der Waals surface area contributed by atoms with E-state index in [1.54, 1.807) is 24.4 Å². The molecule has 2 rings (SSSR count). The van der Waals surface area contributed by atoms with Crippen molar-refractivity contribution in [2.75, 3.05) is 6.54 Å². The van der Waals surface area contributed by atoms with E-state index in [1.807, 2.05) is 4.72 Å². The highest BCUT2D eigenvalue weighted by atomic mass is 32.2. The second-order valence-electron chi connectivity index (χ2n) is 3.12. The van der Waals surface area contributed by atoms with E-state index in [0.29, 0.717) is 5.69 Å². The Balaban J connectivity index is 2.17. The van der Waals surface area contributed by atoms with Crippen molar-refractivity contribution in [1.29, 1.82) is 0 Å². The van der Waals surface area contributed by atoms with Gasteiger partial charge >= 0.3 is 10.2 Å². The summed E-state index contributed by atoms with van der Waals surface area (Å²) in [7, 11) is -3.64. The normalized spacial score (nSPS) is 20.1. The van der Waals surface area contributed by atoms with Gasteiger partial charge in [0.25, 0.3) is 0 Å². The molecule has 2 heterocycles. The Bertz CT molecular complexity index is 471. The van der Waals surface area contributed by atoms with Crippen molar-refractivity contribution in [2.45, 2.75) is 6.54 Å². The van der Waals surface area contributed by atoms with Crippen LogP contribution in [0, 0.1) is 0 Å². The van der Waals surface area contributed by atoms with E-state index in [9.17, 15) is 13.2 Å². The fourth-order valence-electron chi connectivity index (χ4n) is 1.30. The van der Waals surface area contributed by atoms with Crippen LogP contribution in [0.5, 0.6) is 0 Å². The first-order chi connectivity index (χ1) is 7.08. The van der Waals surface area contributed by atoms with Crippen molar-refractivity contribution >= 4 is 16.1 Å². The van der Waals surface area contributed by atoms with Crippen molar-refractivity contribution < 1.29 is 13.2 Å². The van der Waals surface area contributed by atoms with Crippen LogP contribution in [0.3, 0.4) is 0 Å². The third-order valence-electron chi connectivity index (χ3n) is 1.97. The first-order valence-electron chi connectivity index (χ1n) is 4.28. The fourth-order valence-corrected chi connectivity index (χ4v) is 2.37. The van der Waals surface area contributed by atoms with Crippen molar-refractivity contribution in [3.63, 3.8) is 0 Å². The molecule has 1 fully saturated rings. The van der Waals surface area contributed by atoms with Crippen LogP contribution in [0.25, 0.3) is 0 Å². The van der Waals surface area contributed by atoms with Crippen molar-refractivity contribution in [2.24, 2.45) is 0 Å². The second-order valence-corrected chi connectivity index (χ2v) is 4.79. The number of nitrogens with zero attached hydrogens (tertiary/aromatic N) is 2. The van der Waals surface area contributed by atoms with E-state index in [1.165, 1.54) is 0 Å². The van der Waals surface area contributed by atoms with Crippen LogP contribution in [-0.2, 0) is 21.5 Å². The molecule has 0 bridgehead atoms. The molecule has 0 aromatic carbocycles. The molecule has 1 aliphatic heterocycles. The van der Waals surface area contributed by atoms with Gasteiger partial charge in [-0.25, -0.2) is 4.72 Å². The molecule has 6 nitrogen and oxygen atoms in total. The molecule has 7 heteroatoms. The average molecular weight is 227 g/mol. The van der Waals surface area contributed by atoms with Crippen LogP contribution in [-0.4, -0.2) is 30.2 Å². The largest absolute Gasteiger partial charge is 0.304 e. The van der Waals surface area contributed by atoms with E-state index >= 15 is 0 Å². The number of hydrogen-bond acceptors (Lipinski definition) is 4. The molecule has 1 aliphatic rings. The summed E-state index contributed by atoms with van der Waals surface area (Å²) >= 11 is 0. The van der Waals surface area contributed by atoms with Gasteiger partial charge in [0.15, 0.2) is 0 Å². The maximum Gasteiger partial charge on any atom is 0.304 e. The summed E-state index contributed by atoms with van der Waals surface area (Å²) in [5.74, 6) is -0.508. The number of amides is 1. The molecule has 0 saturated carbocycles. The topological polar surface area (TPSA) is 79.4 Å². The van der Waals surface area contributed by atoms with Gasteiger partial charge in [-0.05, 0) is 12.1 Å². The number of hydrogen-bond donors (Lipinski definition) is 1. The lowest BCUT2D eigenvalue weighted by atomic mass is 10.3. The quantitative estimate of drug-likeness (QED) is 0.721. The molecular formula is C8H9N3O3S. The van der Waals surface area contributed by atoms with Crippen LogP contribution in [0.1, 0.15) is 5.69 Å². The summed E-state index contributed by atoms with van der Waals surface area (Å²) in [6.07, 6.45) is 1.58. The molecule has 1 amide bonds. The summed E-state index contributed by atoms with van der Waals surface area (Å²) in [6, 6.07) is 5.21. The van der Waals surface area contributed by atoms with Gasteiger partial charge in [-0.3, -0.25) is 9.78 Å². The maximum atomic E-state index is 11.3. The van der Waals surface area contributed by atoms with Gasteiger partial charge in [0.1, 0.15) is 0 Å². The monoisotopic (exact) mass is 227 g/mol. The third kappa shape index (κ3) is 2.13. The number of carbonyl (C=O) groups is 1. The Labute approximate surface area is 87.1 Å². The maximum absolute atomic E-state index is 11.3. The number of rotatable bonds is 2. The van der Waals surface area contributed by atoms with Crippen molar-refractivity contribution in [3.8, 4) is 0 Å². The molecule has 0 radical (unpaired) electrons. The summed E-state index contributed by atoms with van der Waals surface area (Å²) in [5, 5.41) is 0. The lowest BCUT2D eigenvalue weighted by Gasteiger charge is -2.10. The van der Waals surface area contributed by atoms with Crippen LogP contribution < -0.4 is 4.72 Å². The van der Waals surface area contributed by atoms with E-state index in [4.69, 9.17) is 0 Å². The molecule has 0 atom stereocenters. The zero-order chi connectivity index (χ0) is 10.9. The summed E-state index contributed by atoms with van der Waals surface area (Å²) in [4.78, 5) is 14.9. The third-order valence-corrected chi connectivity index (χ3v) is 3.39. The number of aromatic nitrogens is 1. The number of nitrogens with one attached hydrogen (secondary N) is 1. The highest BCUT2D eigenvalue weighted by Gasteiger charge is 2.33. The van der Waals surface area contributed by atoms with Crippen LogP contribution >= 0.6 is 0 Å². The van der Waals surface area contributed by atoms with Crippen molar-refractivity contribution in [3.05, 3.63) is 30.1 Å². The highest BCUT2D eigenvalue weighted by molar-refractivity contribution is 7.88. The van der Waals surface area contributed by atoms with Gasteiger partial charge in [0.05, 0.1) is 18.8 Å². The number of pyridine rings is 1. The minimum absolute atomic E-state index is 0.113.